The highest BCUT2D eigenvalue weighted by Crippen LogP contribution is 2.03. The van der Waals surface area contributed by atoms with Gasteiger partial charge in [-0.2, -0.15) is 0 Å². The van der Waals surface area contributed by atoms with Gasteiger partial charge in [0.1, 0.15) is 0 Å². The van der Waals surface area contributed by atoms with Crippen LogP contribution in [-0.2, 0) is 16.1 Å². The molecule has 0 saturated carbocycles. The van der Waals surface area contributed by atoms with E-state index in [4.69, 9.17) is 9.47 Å². The Morgan fingerprint density at radius 2 is 2.13 bits per heavy atom. The summed E-state index contributed by atoms with van der Waals surface area (Å²) in [5.74, 6) is -0.340. The van der Waals surface area contributed by atoms with Gasteiger partial charge in [-0.3, -0.25) is 4.98 Å². The van der Waals surface area contributed by atoms with Crippen molar-refractivity contribution in [2.24, 2.45) is 0 Å². The maximum atomic E-state index is 11.3. The summed E-state index contributed by atoms with van der Waals surface area (Å²) in [5.41, 5.74) is 1.28. The molecule has 4 heteroatoms. The number of nitrogens with zero attached hydrogens (tertiary/aromatic N) is 1. The van der Waals surface area contributed by atoms with Crippen LogP contribution in [0.1, 0.15) is 29.9 Å². The summed E-state index contributed by atoms with van der Waals surface area (Å²) in [6.07, 6.45) is 1.51. The molecule has 1 heterocycles. The molecular formula is C11H15NO3. The van der Waals surface area contributed by atoms with Gasteiger partial charge in [-0.25, -0.2) is 4.79 Å². The lowest BCUT2D eigenvalue weighted by atomic mass is 10.2. The van der Waals surface area contributed by atoms with Crippen LogP contribution < -0.4 is 0 Å². The molecule has 0 N–H and O–H groups in total. The van der Waals surface area contributed by atoms with E-state index in [2.05, 4.69) is 4.98 Å². The molecule has 0 saturated heterocycles. The van der Waals surface area contributed by atoms with Crippen molar-refractivity contribution >= 4 is 5.97 Å². The van der Waals surface area contributed by atoms with Crippen LogP contribution in [0.3, 0.4) is 0 Å². The van der Waals surface area contributed by atoms with E-state index >= 15 is 0 Å². The van der Waals surface area contributed by atoms with Crippen molar-refractivity contribution in [2.75, 3.05) is 13.2 Å². The smallest absolute Gasteiger partial charge is 0.339 e. The molecule has 0 spiro atoms. The first kappa shape index (κ1) is 11.7. The number of hydrogen-bond acceptors (Lipinski definition) is 4. The van der Waals surface area contributed by atoms with E-state index in [1.807, 2.05) is 6.92 Å². The van der Waals surface area contributed by atoms with Gasteiger partial charge in [-0.1, -0.05) is 0 Å². The summed E-state index contributed by atoms with van der Waals surface area (Å²) in [6.45, 7) is 5.20. The van der Waals surface area contributed by atoms with Gasteiger partial charge in [0.05, 0.1) is 24.5 Å². The van der Waals surface area contributed by atoms with E-state index in [0.717, 1.165) is 5.69 Å². The molecule has 0 amide bonds. The van der Waals surface area contributed by atoms with E-state index in [0.29, 0.717) is 25.4 Å². The molecule has 0 aromatic carbocycles. The third kappa shape index (κ3) is 3.67. The second-order valence-corrected chi connectivity index (χ2v) is 2.90. The number of rotatable bonds is 5. The Hall–Kier alpha value is -1.42. The van der Waals surface area contributed by atoms with Gasteiger partial charge < -0.3 is 9.47 Å². The highest BCUT2D eigenvalue weighted by Gasteiger charge is 2.06. The maximum absolute atomic E-state index is 11.3. The van der Waals surface area contributed by atoms with Gasteiger partial charge in [-0.05, 0) is 26.0 Å². The van der Waals surface area contributed by atoms with Crippen molar-refractivity contribution in [2.45, 2.75) is 20.5 Å². The van der Waals surface area contributed by atoms with Crippen molar-refractivity contribution < 1.29 is 14.3 Å². The number of esters is 1. The molecule has 1 rings (SSSR count). The normalized spacial score (nSPS) is 10.0. The topological polar surface area (TPSA) is 48.4 Å². The lowest BCUT2D eigenvalue weighted by molar-refractivity contribution is 0.0525. The fraction of sp³-hybridized carbons (Fsp3) is 0.455. The Morgan fingerprint density at radius 3 is 2.67 bits per heavy atom. The first-order valence-corrected chi connectivity index (χ1v) is 4.97. The van der Waals surface area contributed by atoms with E-state index in [1.54, 1.807) is 19.1 Å². The molecule has 15 heavy (non-hydrogen) atoms. The standard InChI is InChI=1S/C11H15NO3/c1-3-14-8-10-6-5-9(7-12-10)11(13)15-4-2/h5-7H,3-4,8H2,1-2H3. The minimum atomic E-state index is -0.340. The average Bonchev–Trinajstić information content (AvgIpc) is 2.27. The van der Waals surface area contributed by atoms with Gasteiger partial charge in [-0.15, -0.1) is 0 Å². The van der Waals surface area contributed by atoms with Crippen LogP contribution in [0.4, 0.5) is 0 Å². The van der Waals surface area contributed by atoms with Gasteiger partial charge in [0.15, 0.2) is 0 Å². The number of hydrogen-bond donors (Lipinski definition) is 0. The van der Waals surface area contributed by atoms with E-state index in [1.165, 1.54) is 6.20 Å². The number of carbonyl (C=O) groups excluding carboxylic acids is 1. The predicted molar refractivity (Wildman–Crippen MR) is 55.5 cm³/mol. The Balaban J connectivity index is 2.59. The summed E-state index contributed by atoms with van der Waals surface area (Å²) in [5, 5.41) is 0. The molecule has 82 valence electrons. The Kier molecular flexibility index (Phi) is 4.77. The fourth-order valence-corrected chi connectivity index (χ4v) is 1.05. The minimum absolute atomic E-state index is 0.340. The molecular weight excluding hydrogens is 194 g/mol. The van der Waals surface area contributed by atoms with Crippen LogP contribution in [0, 0.1) is 0 Å². The molecule has 0 unspecified atom stereocenters. The van der Waals surface area contributed by atoms with Crippen LogP contribution in [0.2, 0.25) is 0 Å². The van der Waals surface area contributed by atoms with Crippen molar-refractivity contribution in [3.63, 3.8) is 0 Å². The highest BCUT2D eigenvalue weighted by molar-refractivity contribution is 5.88. The third-order valence-electron chi connectivity index (χ3n) is 1.79. The predicted octanol–water partition coefficient (Wildman–Crippen LogP) is 1.79. The summed E-state index contributed by atoms with van der Waals surface area (Å²) >= 11 is 0. The number of ether oxygens (including phenoxy) is 2. The van der Waals surface area contributed by atoms with Crippen LogP contribution in [0.25, 0.3) is 0 Å². The first-order valence-electron chi connectivity index (χ1n) is 4.97. The fourth-order valence-electron chi connectivity index (χ4n) is 1.05. The number of aromatic nitrogens is 1. The molecule has 1 aromatic rings. The monoisotopic (exact) mass is 209 g/mol. The van der Waals surface area contributed by atoms with Crippen LogP contribution >= 0.6 is 0 Å². The second-order valence-electron chi connectivity index (χ2n) is 2.90. The maximum Gasteiger partial charge on any atom is 0.339 e. The third-order valence-corrected chi connectivity index (χ3v) is 1.79. The van der Waals surface area contributed by atoms with Gasteiger partial charge in [0.2, 0.25) is 0 Å². The second kappa shape index (κ2) is 6.14. The molecule has 4 nitrogen and oxygen atoms in total. The summed E-state index contributed by atoms with van der Waals surface area (Å²) in [6, 6.07) is 3.46. The SMILES string of the molecule is CCOCc1ccc(C(=O)OCC)cn1. The molecule has 0 fully saturated rings. The van der Waals surface area contributed by atoms with Gasteiger partial charge in [0.25, 0.3) is 0 Å². The summed E-state index contributed by atoms with van der Waals surface area (Å²) < 4.78 is 10.0. The molecule has 0 aliphatic rings. The molecule has 1 aromatic heterocycles. The molecule has 0 aliphatic carbocycles. The highest BCUT2D eigenvalue weighted by atomic mass is 16.5. The first-order chi connectivity index (χ1) is 7.27. The van der Waals surface area contributed by atoms with Crippen molar-refractivity contribution in [1.29, 1.82) is 0 Å². The summed E-state index contributed by atoms with van der Waals surface area (Å²) in [4.78, 5) is 15.4. The Morgan fingerprint density at radius 1 is 1.33 bits per heavy atom. The Bertz CT molecular complexity index is 308. The van der Waals surface area contributed by atoms with E-state index in [9.17, 15) is 4.79 Å². The van der Waals surface area contributed by atoms with Gasteiger partial charge in [0, 0.05) is 12.8 Å². The average molecular weight is 209 g/mol. The largest absolute Gasteiger partial charge is 0.462 e. The summed E-state index contributed by atoms with van der Waals surface area (Å²) in [7, 11) is 0. The zero-order valence-electron chi connectivity index (χ0n) is 9.03. The van der Waals surface area contributed by atoms with Crippen molar-refractivity contribution in [3.05, 3.63) is 29.6 Å². The van der Waals surface area contributed by atoms with E-state index < -0.39 is 0 Å². The Labute approximate surface area is 89.2 Å². The lowest BCUT2D eigenvalue weighted by Crippen LogP contribution is -2.05. The zero-order valence-corrected chi connectivity index (χ0v) is 9.03. The number of pyridine rings is 1. The van der Waals surface area contributed by atoms with Crippen LogP contribution in [0.15, 0.2) is 18.3 Å². The minimum Gasteiger partial charge on any atom is -0.462 e. The van der Waals surface area contributed by atoms with Gasteiger partial charge >= 0.3 is 5.97 Å². The molecule has 0 atom stereocenters. The van der Waals surface area contributed by atoms with Crippen molar-refractivity contribution in [1.82, 2.24) is 4.98 Å². The van der Waals surface area contributed by atoms with Crippen LogP contribution in [-0.4, -0.2) is 24.2 Å². The lowest BCUT2D eigenvalue weighted by Gasteiger charge is -2.03. The molecule has 0 aliphatic heterocycles. The van der Waals surface area contributed by atoms with Crippen LogP contribution in [0.5, 0.6) is 0 Å². The zero-order chi connectivity index (χ0) is 11.1. The van der Waals surface area contributed by atoms with E-state index in [-0.39, 0.29) is 5.97 Å². The molecule has 0 radical (unpaired) electrons. The number of carbonyl (C=O) groups is 1. The van der Waals surface area contributed by atoms with Crippen molar-refractivity contribution in [3.8, 4) is 0 Å². The molecule has 0 bridgehead atoms. The quantitative estimate of drug-likeness (QED) is 0.694.